The highest BCUT2D eigenvalue weighted by Crippen LogP contribution is 2.24. The highest BCUT2D eigenvalue weighted by molar-refractivity contribution is 5.96. The Hall–Kier alpha value is -4.09. The van der Waals surface area contributed by atoms with Gasteiger partial charge < -0.3 is 20.4 Å². The van der Waals surface area contributed by atoms with Crippen LogP contribution in [0.3, 0.4) is 0 Å². The second-order valence-corrected chi connectivity index (χ2v) is 10.4. The van der Waals surface area contributed by atoms with Crippen molar-refractivity contribution < 1.29 is 9.59 Å². The molecule has 8 rings (SSSR count). The van der Waals surface area contributed by atoms with E-state index in [0.717, 1.165) is 67.5 Å². The van der Waals surface area contributed by atoms with E-state index >= 15 is 0 Å². The van der Waals surface area contributed by atoms with Gasteiger partial charge in [0.1, 0.15) is 5.82 Å². The molecule has 2 amide bonds. The van der Waals surface area contributed by atoms with E-state index < -0.39 is 0 Å². The molecular formula is C29H37N9O2. The zero-order valence-electron chi connectivity index (χ0n) is 23.4. The van der Waals surface area contributed by atoms with Gasteiger partial charge in [0.25, 0.3) is 5.91 Å². The average molecular weight is 544 g/mol. The fourth-order valence-corrected chi connectivity index (χ4v) is 5.07. The zero-order chi connectivity index (χ0) is 28.1. The first-order valence-corrected chi connectivity index (χ1v) is 13.7. The molecule has 2 aromatic heterocycles. The van der Waals surface area contributed by atoms with Crippen molar-refractivity contribution in [2.75, 3.05) is 77.2 Å². The molecule has 7 heterocycles. The third-order valence-corrected chi connectivity index (χ3v) is 7.55. The summed E-state index contributed by atoms with van der Waals surface area (Å²) in [6, 6.07) is 11.6. The summed E-state index contributed by atoms with van der Waals surface area (Å²) in [5.74, 6) is 1.36. The minimum atomic E-state index is -0.119. The summed E-state index contributed by atoms with van der Waals surface area (Å²) in [5.41, 5.74) is 4.02. The lowest BCUT2D eigenvalue weighted by Gasteiger charge is -2.35. The number of nitrogens with one attached hydrogen (secondary N) is 2. The van der Waals surface area contributed by atoms with Crippen molar-refractivity contribution in [3.8, 4) is 11.3 Å². The van der Waals surface area contributed by atoms with Gasteiger partial charge in [-0.05, 0) is 48.4 Å². The Labute approximate surface area is 235 Å². The highest BCUT2D eigenvalue weighted by atomic mass is 16.2. The SMILES string of the molecule is CNC(=O)c1ccc2cc1CN1CCN(CC1)CC(=O)N(C)CCCN(C)c1ccc(cn1)-c1ccnc(n1)N2. The lowest BCUT2D eigenvalue weighted by Crippen LogP contribution is -2.49. The molecule has 11 nitrogen and oxygen atoms in total. The van der Waals surface area contributed by atoms with Crippen molar-refractivity contribution in [3.05, 3.63) is 59.9 Å². The summed E-state index contributed by atoms with van der Waals surface area (Å²) in [5, 5.41) is 6.06. The highest BCUT2D eigenvalue weighted by Gasteiger charge is 2.22. The Morgan fingerprint density at radius 2 is 1.65 bits per heavy atom. The van der Waals surface area contributed by atoms with E-state index in [1.165, 1.54) is 0 Å². The molecule has 210 valence electrons. The number of carbonyl (C=O) groups is 2. The topological polar surface area (TPSA) is 110 Å². The molecule has 0 unspecified atom stereocenters. The Balaban J connectivity index is 1.44. The van der Waals surface area contributed by atoms with Gasteiger partial charge in [-0.3, -0.25) is 19.4 Å². The van der Waals surface area contributed by atoms with E-state index in [9.17, 15) is 9.59 Å². The molecular weight excluding hydrogens is 506 g/mol. The summed E-state index contributed by atoms with van der Waals surface area (Å²) in [6.07, 6.45) is 4.39. The fourth-order valence-electron chi connectivity index (χ4n) is 5.07. The number of benzene rings is 1. The second kappa shape index (κ2) is 12.4. The van der Waals surface area contributed by atoms with Gasteiger partial charge in [-0.1, -0.05) is 0 Å². The molecule has 0 atom stereocenters. The van der Waals surface area contributed by atoms with Gasteiger partial charge in [0.2, 0.25) is 11.9 Å². The average Bonchev–Trinajstić information content (AvgIpc) is 2.97. The van der Waals surface area contributed by atoms with Crippen molar-refractivity contribution >= 4 is 29.3 Å². The quantitative estimate of drug-likeness (QED) is 0.477. The smallest absolute Gasteiger partial charge is 0.251 e. The molecule has 0 saturated carbocycles. The summed E-state index contributed by atoms with van der Waals surface area (Å²) in [7, 11) is 5.54. The lowest BCUT2D eigenvalue weighted by molar-refractivity contribution is -0.131. The van der Waals surface area contributed by atoms with Crippen LogP contribution in [0, 0.1) is 0 Å². The van der Waals surface area contributed by atoms with E-state index in [2.05, 4.69) is 35.3 Å². The van der Waals surface area contributed by atoms with Gasteiger partial charge in [0, 0.05) is 96.2 Å². The molecule has 0 radical (unpaired) electrons. The maximum absolute atomic E-state index is 12.9. The number of carbonyl (C=O) groups excluding carboxylic acids is 2. The monoisotopic (exact) mass is 543 g/mol. The molecule has 8 bridgehead atoms. The first-order chi connectivity index (χ1) is 19.4. The van der Waals surface area contributed by atoms with E-state index in [4.69, 9.17) is 4.98 Å². The van der Waals surface area contributed by atoms with Crippen LogP contribution in [-0.2, 0) is 11.3 Å². The number of aromatic nitrogens is 3. The number of pyridine rings is 1. The molecule has 3 aromatic rings. The summed E-state index contributed by atoms with van der Waals surface area (Å²) < 4.78 is 0. The van der Waals surface area contributed by atoms with Crippen LogP contribution in [0.5, 0.6) is 0 Å². The zero-order valence-corrected chi connectivity index (χ0v) is 23.4. The minimum Gasteiger partial charge on any atom is -0.360 e. The number of piperazine rings is 1. The number of amides is 2. The molecule has 2 N–H and O–H groups in total. The van der Waals surface area contributed by atoms with Gasteiger partial charge in [-0.2, -0.15) is 0 Å². The predicted octanol–water partition coefficient (Wildman–Crippen LogP) is 2.06. The molecule has 0 aliphatic carbocycles. The van der Waals surface area contributed by atoms with E-state index in [1.54, 1.807) is 13.2 Å². The van der Waals surface area contributed by atoms with E-state index in [-0.39, 0.29) is 11.8 Å². The third kappa shape index (κ3) is 6.54. The maximum Gasteiger partial charge on any atom is 0.251 e. The molecule has 5 aliphatic heterocycles. The number of rotatable bonds is 1. The molecule has 5 aliphatic rings. The van der Waals surface area contributed by atoms with Crippen molar-refractivity contribution in [2.24, 2.45) is 0 Å². The molecule has 1 aromatic carbocycles. The van der Waals surface area contributed by atoms with Crippen LogP contribution in [0.2, 0.25) is 0 Å². The maximum atomic E-state index is 12.9. The first kappa shape index (κ1) is 27.5. The van der Waals surface area contributed by atoms with Crippen molar-refractivity contribution in [1.82, 2.24) is 35.0 Å². The molecule has 11 heteroatoms. The molecule has 1 fully saturated rings. The Morgan fingerprint density at radius 1 is 0.900 bits per heavy atom. The van der Waals surface area contributed by atoms with Gasteiger partial charge in [0.05, 0.1) is 12.2 Å². The number of likely N-dealkylation sites (N-methyl/N-ethyl adjacent to an activating group) is 1. The first-order valence-electron chi connectivity index (χ1n) is 13.7. The summed E-state index contributed by atoms with van der Waals surface area (Å²) in [6.45, 7) is 5.79. The van der Waals surface area contributed by atoms with Crippen LogP contribution in [0.1, 0.15) is 22.3 Å². The van der Waals surface area contributed by atoms with Gasteiger partial charge in [-0.25, -0.2) is 15.0 Å². The van der Waals surface area contributed by atoms with Crippen molar-refractivity contribution in [2.45, 2.75) is 13.0 Å². The van der Waals surface area contributed by atoms with Crippen molar-refractivity contribution in [3.63, 3.8) is 0 Å². The van der Waals surface area contributed by atoms with Crippen LogP contribution in [0.25, 0.3) is 11.3 Å². The van der Waals surface area contributed by atoms with E-state index in [1.807, 2.05) is 61.6 Å². The van der Waals surface area contributed by atoms with Gasteiger partial charge in [-0.15, -0.1) is 0 Å². The molecule has 40 heavy (non-hydrogen) atoms. The fraction of sp³-hybridized carbons (Fsp3) is 0.414. The van der Waals surface area contributed by atoms with Crippen LogP contribution in [0.4, 0.5) is 17.5 Å². The Bertz CT molecular complexity index is 1340. The van der Waals surface area contributed by atoms with Crippen LogP contribution in [0.15, 0.2) is 48.8 Å². The van der Waals surface area contributed by atoms with Gasteiger partial charge in [0.15, 0.2) is 0 Å². The standard InChI is InChI=1S/C29H37N9O2/c1-30-28(40)24-7-6-23-17-22(24)19-37-13-15-38(16-14-37)20-27(39)36(3)12-4-11-35(2)26-8-5-21(18-32-26)25-9-10-31-29(33-23)34-25/h5-10,17-18H,4,11-16,19-20H2,1-3H3,(H,30,40)(H,31,33,34). The second-order valence-electron chi connectivity index (χ2n) is 10.4. The minimum absolute atomic E-state index is 0.119. The molecule has 1 saturated heterocycles. The number of nitrogens with zero attached hydrogens (tertiary/aromatic N) is 7. The predicted molar refractivity (Wildman–Crippen MR) is 156 cm³/mol. The van der Waals surface area contributed by atoms with E-state index in [0.29, 0.717) is 31.1 Å². The number of hydrogen-bond acceptors (Lipinski definition) is 9. The van der Waals surface area contributed by atoms with Gasteiger partial charge >= 0.3 is 0 Å². The lowest BCUT2D eigenvalue weighted by atomic mass is 10.0. The van der Waals surface area contributed by atoms with Crippen LogP contribution >= 0.6 is 0 Å². The van der Waals surface area contributed by atoms with Crippen LogP contribution in [-0.4, -0.2) is 108 Å². The number of hydrogen-bond donors (Lipinski definition) is 2. The Morgan fingerprint density at radius 3 is 2.38 bits per heavy atom. The number of anilines is 3. The summed E-state index contributed by atoms with van der Waals surface area (Å²) >= 11 is 0. The molecule has 0 spiro atoms. The third-order valence-electron chi connectivity index (χ3n) is 7.55. The Kier molecular flexibility index (Phi) is 8.51. The van der Waals surface area contributed by atoms with Crippen molar-refractivity contribution in [1.29, 1.82) is 0 Å². The van der Waals surface area contributed by atoms with Crippen LogP contribution < -0.4 is 15.5 Å². The summed E-state index contributed by atoms with van der Waals surface area (Å²) in [4.78, 5) is 47.8. The largest absolute Gasteiger partial charge is 0.360 e. The normalized spacial score (nSPS) is 20.2.